The second-order valence-corrected chi connectivity index (χ2v) is 9.40. The number of hydrogen-bond acceptors (Lipinski definition) is 5. The first kappa shape index (κ1) is 21.6. The van der Waals surface area contributed by atoms with Crippen LogP contribution in [0.15, 0.2) is 29.2 Å². The number of carbonyl (C=O) groups excluding carboxylic acids is 2. The van der Waals surface area contributed by atoms with Crippen molar-refractivity contribution in [3.05, 3.63) is 24.3 Å². The molecule has 2 amide bonds. The van der Waals surface area contributed by atoms with Crippen molar-refractivity contribution in [1.82, 2.24) is 9.21 Å². The predicted octanol–water partition coefficient (Wildman–Crippen LogP) is 2.67. The maximum atomic E-state index is 12.7. The van der Waals surface area contributed by atoms with E-state index in [4.69, 9.17) is 4.74 Å². The van der Waals surface area contributed by atoms with Crippen molar-refractivity contribution in [1.29, 1.82) is 0 Å². The van der Waals surface area contributed by atoms with E-state index in [1.165, 1.54) is 16.4 Å². The molecule has 1 aromatic carbocycles. The van der Waals surface area contributed by atoms with E-state index in [0.29, 0.717) is 44.9 Å². The number of ether oxygens (including phenoxy) is 1. The Morgan fingerprint density at radius 2 is 1.76 bits per heavy atom. The van der Waals surface area contributed by atoms with Crippen LogP contribution in [0.2, 0.25) is 0 Å². The minimum atomic E-state index is -3.49. The standard InChI is InChI=1S/C20H29N3O5S/c1-2-28-20(25)22-12-6-7-16(15-22)19(24)21-17-8-10-18(11-9-17)29(26,27)23-13-4-3-5-14-23/h8-11,16H,2-7,12-15H2,1H3,(H,21,24)/t16-/m0/s1. The second kappa shape index (κ2) is 9.58. The quantitative estimate of drug-likeness (QED) is 0.785. The molecule has 9 heteroatoms. The van der Waals surface area contributed by atoms with Gasteiger partial charge >= 0.3 is 6.09 Å². The Labute approximate surface area is 172 Å². The van der Waals surface area contributed by atoms with Gasteiger partial charge in [0.05, 0.1) is 17.4 Å². The maximum Gasteiger partial charge on any atom is 0.409 e. The fourth-order valence-electron chi connectivity index (χ4n) is 3.78. The lowest BCUT2D eigenvalue weighted by Gasteiger charge is -2.31. The minimum Gasteiger partial charge on any atom is -0.450 e. The Kier molecular flexibility index (Phi) is 7.13. The number of rotatable bonds is 5. The van der Waals surface area contributed by atoms with Crippen LogP contribution in [0, 0.1) is 5.92 Å². The molecule has 0 aromatic heterocycles. The van der Waals surface area contributed by atoms with Crippen LogP contribution in [-0.2, 0) is 19.6 Å². The molecule has 2 aliphatic heterocycles. The van der Waals surface area contributed by atoms with Crippen LogP contribution in [0.1, 0.15) is 39.0 Å². The molecular formula is C20H29N3O5S. The molecular weight excluding hydrogens is 394 g/mol. The average Bonchev–Trinajstić information content (AvgIpc) is 2.75. The van der Waals surface area contributed by atoms with E-state index in [0.717, 1.165) is 25.7 Å². The van der Waals surface area contributed by atoms with Crippen LogP contribution in [0.5, 0.6) is 0 Å². The van der Waals surface area contributed by atoms with Crippen molar-refractivity contribution in [3.63, 3.8) is 0 Å². The predicted molar refractivity (Wildman–Crippen MR) is 109 cm³/mol. The third-order valence-corrected chi connectivity index (χ3v) is 7.31. The maximum absolute atomic E-state index is 12.7. The van der Waals surface area contributed by atoms with Gasteiger partial charge < -0.3 is 15.0 Å². The van der Waals surface area contributed by atoms with Crippen molar-refractivity contribution in [2.75, 3.05) is 38.1 Å². The highest BCUT2D eigenvalue weighted by Gasteiger charge is 2.29. The highest BCUT2D eigenvalue weighted by Crippen LogP contribution is 2.23. The summed E-state index contributed by atoms with van der Waals surface area (Å²) in [7, 11) is -3.49. The van der Waals surface area contributed by atoms with E-state index in [-0.39, 0.29) is 16.7 Å². The minimum absolute atomic E-state index is 0.175. The summed E-state index contributed by atoms with van der Waals surface area (Å²) in [6, 6.07) is 6.29. The molecule has 8 nitrogen and oxygen atoms in total. The molecule has 0 radical (unpaired) electrons. The molecule has 1 N–H and O–H groups in total. The molecule has 2 heterocycles. The van der Waals surface area contributed by atoms with Crippen molar-refractivity contribution in [3.8, 4) is 0 Å². The van der Waals surface area contributed by atoms with Crippen LogP contribution in [0.3, 0.4) is 0 Å². The van der Waals surface area contributed by atoms with E-state index in [1.54, 1.807) is 24.0 Å². The zero-order valence-electron chi connectivity index (χ0n) is 16.8. The summed E-state index contributed by atoms with van der Waals surface area (Å²) < 4.78 is 32.0. The molecule has 1 atom stereocenters. The number of sulfonamides is 1. The third-order valence-electron chi connectivity index (χ3n) is 5.39. The molecule has 0 unspecified atom stereocenters. The molecule has 2 aliphatic rings. The largest absolute Gasteiger partial charge is 0.450 e. The van der Waals surface area contributed by atoms with Gasteiger partial charge in [-0.1, -0.05) is 6.42 Å². The van der Waals surface area contributed by atoms with Crippen LogP contribution >= 0.6 is 0 Å². The van der Waals surface area contributed by atoms with Crippen LogP contribution in [0.4, 0.5) is 10.5 Å². The SMILES string of the molecule is CCOC(=O)N1CCC[C@H](C(=O)Nc2ccc(S(=O)(=O)N3CCCCC3)cc2)C1. The first-order valence-corrected chi connectivity index (χ1v) is 11.7. The normalized spacial score (nSPS) is 20.9. The summed E-state index contributed by atoms with van der Waals surface area (Å²) in [5.41, 5.74) is 0.542. The van der Waals surface area contributed by atoms with Gasteiger partial charge in [-0.3, -0.25) is 4.79 Å². The summed E-state index contributed by atoms with van der Waals surface area (Å²) in [4.78, 5) is 26.3. The van der Waals surface area contributed by atoms with Gasteiger partial charge in [0.2, 0.25) is 15.9 Å². The van der Waals surface area contributed by atoms with Gasteiger partial charge in [-0.2, -0.15) is 4.31 Å². The number of hydrogen-bond donors (Lipinski definition) is 1. The van der Waals surface area contributed by atoms with E-state index < -0.39 is 16.1 Å². The summed E-state index contributed by atoms with van der Waals surface area (Å²) >= 11 is 0. The Morgan fingerprint density at radius 3 is 2.41 bits per heavy atom. The number of likely N-dealkylation sites (tertiary alicyclic amines) is 1. The topological polar surface area (TPSA) is 96.0 Å². The molecule has 0 bridgehead atoms. The highest BCUT2D eigenvalue weighted by atomic mass is 32.2. The smallest absolute Gasteiger partial charge is 0.409 e. The average molecular weight is 424 g/mol. The van der Waals surface area contributed by atoms with Gasteiger partial charge in [-0.15, -0.1) is 0 Å². The summed E-state index contributed by atoms with van der Waals surface area (Å²) in [6.45, 7) is 4.08. The van der Waals surface area contributed by atoms with Gasteiger partial charge in [-0.25, -0.2) is 13.2 Å². The number of nitrogens with zero attached hydrogens (tertiary/aromatic N) is 2. The molecule has 160 valence electrons. The lowest BCUT2D eigenvalue weighted by molar-refractivity contribution is -0.121. The lowest BCUT2D eigenvalue weighted by atomic mass is 9.97. The number of piperidine rings is 2. The molecule has 0 aliphatic carbocycles. The monoisotopic (exact) mass is 423 g/mol. The summed E-state index contributed by atoms with van der Waals surface area (Å²) in [5, 5.41) is 2.84. The Bertz CT molecular complexity index is 819. The first-order valence-electron chi connectivity index (χ1n) is 10.2. The Hall–Kier alpha value is -2.13. The summed E-state index contributed by atoms with van der Waals surface area (Å²) in [5.74, 6) is -0.490. The molecule has 0 spiro atoms. The molecule has 0 saturated carbocycles. The van der Waals surface area contributed by atoms with Crippen LogP contribution in [-0.4, -0.2) is 62.4 Å². The van der Waals surface area contributed by atoms with Crippen molar-refractivity contribution >= 4 is 27.7 Å². The first-order chi connectivity index (χ1) is 13.9. The van der Waals surface area contributed by atoms with E-state index in [9.17, 15) is 18.0 Å². The van der Waals surface area contributed by atoms with Crippen molar-refractivity contribution < 1.29 is 22.7 Å². The molecule has 1 aromatic rings. The molecule has 2 saturated heterocycles. The fraction of sp³-hybridized carbons (Fsp3) is 0.600. The molecule has 2 fully saturated rings. The van der Waals surface area contributed by atoms with Gasteiger partial charge in [0.1, 0.15) is 0 Å². The second-order valence-electron chi connectivity index (χ2n) is 7.46. The number of carbonyl (C=O) groups is 2. The van der Waals surface area contributed by atoms with Gasteiger partial charge in [-0.05, 0) is 56.9 Å². The zero-order chi connectivity index (χ0) is 20.9. The van der Waals surface area contributed by atoms with Crippen LogP contribution < -0.4 is 5.32 Å². The number of amides is 2. The lowest BCUT2D eigenvalue weighted by Crippen LogP contribution is -2.44. The van der Waals surface area contributed by atoms with E-state index in [2.05, 4.69) is 5.32 Å². The van der Waals surface area contributed by atoms with E-state index >= 15 is 0 Å². The number of nitrogens with one attached hydrogen (secondary N) is 1. The fourth-order valence-corrected chi connectivity index (χ4v) is 5.30. The van der Waals surface area contributed by atoms with Crippen LogP contribution in [0.25, 0.3) is 0 Å². The highest BCUT2D eigenvalue weighted by molar-refractivity contribution is 7.89. The zero-order valence-corrected chi connectivity index (χ0v) is 17.6. The van der Waals surface area contributed by atoms with Gasteiger partial charge in [0.15, 0.2) is 0 Å². The molecule has 29 heavy (non-hydrogen) atoms. The Balaban J connectivity index is 1.60. The van der Waals surface area contributed by atoms with Crippen molar-refractivity contribution in [2.45, 2.75) is 43.9 Å². The van der Waals surface area contributed by atoms with Crippen molar-refractivity contribution in [2.24, 2.45) is 5.92 Å². The summed E-state index contributed by atoms with van der Waals surface area (Å²) in [6.07, 6.45) is 3.88. The molecule has 3 rings (SSSR count). The van der Waals surface area contributed by atoms with E-state index in [1.807, 2.05) is 0 Å². The third kappa shape index (κ3) is 5.27. The van der Waals surface area contributed by atoms with Gasteiger partial charge in [0.25, 0.3) is 0 Å². The number of anilines is 1. The number of benzene rings is 1. The Morgan fingerprint density at radius 1 is 1.07 bits per heavy atom. The van der Waals surface area contributed by atoms with Gasteiger partial charge in [0, 0.05) is 31.9 Å².